The Hall–Kier alpha value is -3.31. The van der Waals surface area contributed by atoms with Gasteiger partial charge >= 0.3 is 12.0 Å². The van der Waals surface area contributed by atoms with Gasteiger partial charge in [0, 0.05) is 44.3 Å². The number of amidine groups is 2. The van der Waals surface area contributed by atoms with Crippen molar-refractivity contribution >= 4 is 25.9 Å². The number of hydrogen-bond donors (Lipinski definition) is 2. The van der Waals surface area contributed by atoms with Crippen molar-refractivity contribution in [3.63, 3.8) is 0 Å². The number of aliphatic carboxylic acids is 1. The monoisotopic (exact) mass is 569 g/mol. The Balaban J connectivity index is 1.67. The van der Waals surface area contributed by atoms with E-state index in [1.165, 1.54) is 6.42 Å². The third-order valence-electron chi connectivity index (χ3n) is 6.76. The van der Waals surface area contributed by atoms with Crippen LogP contribution in [0.2, 0.25) is 25.7 Å². The molecule has 0 aromatic carbocycles. The van der Waals surface area contributed by atoms with Gasteiger partial charge in [0.05, 0.1) is 12.0 Å². The van der Waals surface area contributed by atoms with E-state index in [9.17, 15) is 9.90 Å². The second kappa shape index (κ2) is 13.8. The summed E-state index contributed by atoms with van der Waals surface area (Å²) in [5, 5.41) is 9.28. The second-order valence-electron chi connectivity index (χ2n) is 12.1. The van der Waals surface area contributed by atoms with Gasteiger partial charge in [0.2, 0.25) is 5.88 Å². The van der Waals surface area contributed by atoms with Crippen LogP contribution in [-0.4, -0.2) is 67.5 Å². The van der Waals surface area contributed by atoms with Gasteiger partial charge in [0.15, 0.2) is 5.84 Å². The average molecular weight is 570 g/mol. The van der Waals surface area contributed by atoms with Crippen molar-refractivity contribution in [1.82, 2.24) is 9.97 Å². The van der Waals surface area contributed by atoms with Crippen molar-refractivity contribution in [1.29, 1.82) is 0 Å². The number of carbonyl (C=O) groups is 1. The van der Waals surface area contributed by atoms with Crippen LogP contribution in [0.4, 0.5) is 0 Å². The van der Waals surface area contributed by atoms with Crippen molar-refractivity contribution in [3.8, 4) is 17.0 Å². The summed E-state index contributed by atoms with van der Waals surface area (Å²) in [6.45, 7) is 13.5. The number of nitrogens with two attached hydrogens (primary N) is 1. The first-order chi connectivity index (χ1) is 18.8. The molecule has 40 heavy (non-hydrogen) atoms. The molecule has 3 rings (SSSR count). The van der Waals surface area contributed by atoms with Gasteiger partial charge < -0.3 is 25.1 Å². The lowest BCUT2D eigenvalue weighted by molar-refractivity contribution is -0.148. The van der Waals surface area contributed by atoms with Crippen LogP contribution in [0.1, 0.15) is 44.4 Å². The third-order valence-corrected chi connectivity index (χ3v) is 8.46. The van der Waals surface area contributed by atoms with E-state index < -0.39 is 19.5 Å². The molecule has 1 fully saturated rings. The lowest BCUT2D eigenvalue weighted by Crippen LogP contribution is -2.30. The van der Waals surface area contributed by atoms with Crippen LogP contribution >= 0.6 is 0 Å². The number of rotatable bonds is 13. The molecule has 1 aliphatic rings. The van der Waals surface area contributed by atoms with Crippen LogP contribution in [0.5, 0.6) is 5.88 Å². The molecule has 0 saturated heterocycles. The predicted octanol–water partition coefficient (Wildman–Crippen LogP) is 5.13. The summed E-state index contributed by atoms with van der Waals surface area (Å²) in [6.07, 6.45) is 6.94. The first kappa shape index (κ1) is 31.2. The predicted molar refractivity (Wildman–Crippen MR) is 160 cm³/mol. The lowest BCUT2D eigenvalue weighted by atomic mass is 9.86. The van der Waals surface area contributed by atoms with Crippen molar-refractivity contribution in [2.24, 2.45) is 27.1 Å². The highest BCUT2D eigenvalue weighted by atomic mass is 28.3. The summed E-state index contributed by atoms with van der Waals surface area (Å²) in [7, 11) is -1.17. The fourth-order valence-electron chi connectivity index (χ4n) is 3.60. The first-order valence-electron chi connectivity index (χ1n) is 13.7. The zero-order valence-electron chi connectivity index (χ0n) is 24.6. The fourth-order valence-corrected chi connectivity index (χ4v) is 4.36. The molecule has 2 heterocycles. The number of aromatic nitrogens is 2. The quantitative estimate of drug-likeness (QED) is 0.146. The molecule has 0 spiro atoms. The number of ether oxygens (including phenoxy) is 3. The molecule has 2 aromatic heterocycles. The van der Waals surface area contributed by atoms with Crippen LogP contribution in [-0.2, 0) is 14.3 Å². The summed E-state index contributed by atoms with van der Waals surface area (Å²) in [5.74, 6) is 0.184. The van der Waals surface area contributed by atoms with E-state index in [-0.39, 0.29) is 25.2 Å². The molecule has 1 aliphatic carbocycles. The maximum Gasteiger partial charge on any atom is 0.316 e. The first-order valence-corrected chi connectivity index (χ1v) is 17.4. The summed E-state index contributed by atoms with van der Waals surface area (Å²) >= 11 is 0. The molecule has 0 unspecified atom stereocenters. The van der Waals surface area contributed by atoms with Crippen LogP contribution in [0.25, 0.3) is 11.1 Å². The summed E-state index contributed by atoms with van der Waals surface area (Å²) < 4.78 is 17.2. The summed E-state index contributed by atoms with van der Waals surface area (Å²) in [6, 6.07) is 6.75. The number of hydrogen-bond acceptors (Lipinski definition) is 7. The van der Waals surface area contributed by atoms with Gasteiger partial charge in [-0.15, -0.1) is 0 Å². The van der Waals surface area contributed by atoms with E-state index in [4.69, 9.17) is 19.9 Å². The number of carboxylic acids is 1. The van der Waals surface area contributed by atoms with Gasteiger partial charge in [-0.3, -0.25) is 9.78 Å². The van der Waals surface area contributed by atoms with E-state index in [0.717, 1.165) is 35.6 Å². The average Bonchev–Trinajstić information content (AvgIpc) is 2.85. The van der Waals surface area contributed by atoms with E-state index in [1.807, 2.05) is 13.0 Å². The molecule has 11 heteroatoms. The van der Waals surface area contributed by atoms with Gasteiger partial charge in [0.1, 0.15) is 19.0 Å². The fraction of sp³-hybridized carbons (Fsp3) is 0.552. The highest BCUT2D eigenvalue weighted by molar-refractivity contribution is 6.76. The third kappa shape index (κ3) is 9.70. The minimum absolute atomic E-state index is 0.0171. The maximum atomic E-state index is 11.3. The van der Waals surface area contributed by atoms with Gasteiger partial charge in [-0.1, -0.05) is 32.1 Å². The van der Waals surface area contributed by atoms with E-state index >= 15 is 0 Å². The Labute approximate surface area is 238 Å². The van der Waals surface area contributed by atoms with E-state index in [0.29, 0.717) is 30.7 Å². The summed E-state index contributed by atoms with van der Waals surface area (Å²) in [5.41, 5.74) is 8.43. The molecule has 218 valence electrons. The van der Waals surface area contributed by atoms with E-state index in [2.05, 4.69) is 39.6 Å². The molecule has 0 radical (unpaired) electrons. The Kier molecular flexibility index (Phi) is 10.8. The number of aryl methyl sites for hydroxylation is 1. The molecule has 0 bridgehead atoms. The van der Waals surface area contributed by atoms with Gasteiger partial charge in [0.25, 0.3) is 0 Å². The number of pyridine rings is 2. The molecule has 10 nitrogen and oxygen atoms in total. The Morgan fingerprint density at radius 1 is 1.20 bits per heavy atom. The minimum atomic E-state index is -1.17. The van der Waals surface area contributed by atoms with Crippen molar-refractivity contribution in [3.05, 3.63) is 41.9 Å². The molecule has 0 amide bonds. The van der Waals surface area contributed by atoms with Gasteiger partial charge in [-0.05, 0) is 57.2 Å². The smallest absolute Gasteiger partial charge is 0.316 e. The molecule has 2 aromatic rings. The number of carboxylic acid groups (broad SMARTS) is 1. The summed E-state index contributed by atoms with van der Waals surface area (Å²) in [4.78, 5) is 29.0. The van der Waals surface area contributed by atoms with Crippen LogP contribution < -0.4 is 10.5 Å². The highest BCUT2D eigenvalue weighted by Gasteiger charge is 2.28. The zero-order chi connectivity index (χ0) is 29.3. The zero-order valence-corrected chi connectivity index (χ0v) is 25.6. The normalized spacial score (nSPS) is 15.1. The van der Waals surface area contributed by atoms with Gasteiger partial charge in [-0.25, -0.2) is 9.98 Å². The molecule has 0 aliphatic heterocycles. The van der Waals surface area contributed by atoms with Crippen LogP contribution in [0.15, 0.2) is 40.6 Å². The Morgan fingerprint density at radius 2 is 1.95 bits per heavy atom. The van der Waals surface area contributed by atoms with Gasteiger partial charge in [-0.2, -0.15) is 4.99 Å². The van der Waals surface area contributed by atoms with Crippen molar-refractivity contribution in [2.75, 3.05) is 26.6 Å². The molecular formula is C29H43N5O5Si. The topological polar surface area (TPSA) is 142 Å². The Bertz CT molecular complexity index is 1200. The van der Waals surface area contributed by atoms with Crippen molar-refractivity contribution in [2.45, 2.75) is 65.7 Å². The number of nitrogens with zero attached hydrogens (tertiary/aromatic N) is 4. The Morgan fingerprint density at radius 3 is 2.52 bits per heavy atom. The lowest BCUT2D eigenvalue weighted by Gasteiger charge is -2.24. The largest absolute Gasteiger partial charge is 0.481 e. The maximum absolute atomic E-state index is 11.3. The molecule has 0 atom stereocenters. The highest BCUT2D eigenvalue weighted by Crippen LogP contribution is 2.27. The van der Waals surface area contributed by atoms with E-state index in [1.54, 1.807) is 38.4 Å². The van der Waals surface area contributed by atoms with Crippen molar-refractivity contribution < 1.29 is 24.1 Å². The van der Waals surface area contributed by atoms with Crippen LogP contribution in [0.3, 0.4) is 0 Å². The number of aliphatic imine (C=N–C) groups is 2. The molecular weight excluding hydrogens is 526 g/mol. The molecule has 1 saturated carbocycles. The second-order valence-corrected chi connectivity index (χ2v) is 17.8. The standard InChI is InChI=1S/C29H43N5O5Si/c1-20-14-25(39-18-29(2,3)27(35)36)32-16-23(20)22-10-11-24(31-15-22)26(30)34-28(38-17-21-8-7-9-21)33-19-37-12-13-40(4,5)6/h10-11,14-16,21H,7-9,12-13,17-19H2,1-6H3,(H,35,36)(H2,30,33,34). The SMILES string of the molecule is Cc1cc(OCC(C)(C)C(=O)O)ncc1-c1ccc(C(N)=NC(=NCOCC[Si](C)(C)C)OCC2CCC2)nc1. The molecule has 3 N–H and O–H groups in total. The minimum Gasteiger partial charge on any atom is -0.481 e. The van der Waals surface area contributed by atoms with Crippen LogP contribution in [0, 0.1) is 18.3 Å².